The number of para-hydroxylation sites is 1. The highest BCUT2D eigenvalue weighted by Gasteiger charge is 2.17. The number of hydrogen-bond donors (Lipinski definition) is 1. The van der Waals surface area contributed by atoms with Crippen LogP contribution in [0.3, 0.4) is 0 Å². The van der Waals surface area contributed by atoms with Gasteiger partial charge >= 0.3 is 0 Å². The zero-order valence-electron chi connectivity index (χ0n) is 17.9. The molecular formula is C25H28N4O2. The van der Waals surface area contributed by atoms with Gasteiger partial charge in [0.25, 0.3) is 5.91 Å². The molecule has 1 aliphatic heterocycles. The van der Waals surface area contributed by atoms with Gasteiger partial charge < -0.3 is 5.32 Å². The van der Waals surface area contributed by atoms with Crippen LogP contribution in [0, 0.1) is 6.92 Å². The molecule has 160 valence electrons. The van der Waals surface area contributed by atoms with Crippen molar-refractivity contribution in [1.82, 2.24) is 20.0 Å². The van der Waals surface area contributed by atoms with Gasteiger partial charge in [-0.1, -0.05) is 48.9 Å². The molecule has 31 heavy (non-hydrogen) atoms. The molecule has 4 rings (SSSR count). The molecule has 1 aromatic heterocycles. The van der Waals surface area contributed by atoms with Crippen molar-refractivity contribution in [2.24, 2.45) is 0 Å². The van der Waals surface area contributed by atoms with Crippen molar-refractivity contribution in [3.63, 3.8) is 0 Å². The Morgan fingerprint density at radius 2 is 1.65 bits per heavy atom. The molecule has 0 radical (unpaired) electrons. The number of nitrogens with zero attached hydrogens (tertiary/aromatic N) is 3. The maximum Gasteiger partial charge on any atom is 0.276 e. The highest BCUT2D eigenvalue weighted by atomic mass is 16.2. The first-order chi connectivity index (χ1) is 15.1. The Morgan fingerprint density at radius 3 is 2.39 bits per heavy atom. The molecule has 1 fully saturated rings. The number of hydrogen-bond acceptors (Lipinski definition) is 4. The van der Waals surface area contributed by atoms with E-state index >= 15 is 0 Å². The fourth-order valence-electron chi connectivity index (χ4n) is 4.04. The predicted octanol–water partition coefficient (Wildman–Crippen LogP) is 3.46. The van der Waals surface area contributed by atoms with Crippen molar-refractivity contribution in [3.05, 3.63) is 93.4 Å². The second-order valence-corrected chi connectivity index (χ2v) is 8.03. The van der Waals surface area contributed by atoms with E-state index in [4.69, 9.17) is 0 Å². The van der Waals surface area contributed by atoms with Crippen LogP contribution in [0.25, 0.3) is 5.69 Å². The second-order valence-electron chi connectivity index (χ2n) is 8.03. The number of nitrogens with one attached hydrogen (secondary N) is 1. The van der Waals surface area contributed by atoms with Crippen LogP contribution < -0.4 is 10.7 Å². The molecule has 3 aromatic rings. The monoisotopic (exact) mass is 416 g/mol. The first-order valence-corrected chi connectivity index (χ1v) is 10.9. The first-order valence-electron chi connectivity index (χ1n) is 10.9. The molecular weight excluding hydrogens is 388 g/mol. The van der Waals surface area contributed by atoms with Crippen LogP contribution in [0.5, 0.6) is 0 Å². The minimum absolute atomic E-state index is 0.0945. The lowest BCUT2D eigenvalue weighted by molar-refractivity contribution is 0.0942. The van der Waals surface area contributed by atoms with Gasteiger partial charge in [-0.25, -0.2) is 4.68 Å². The summed E-state index contributed by atoms with van der Waals surface area (Å²) in [5.41, 5.74) is 3.30. The van der Waals surface area contributed by atoms with E-state index in [0.29, 0.717) is 12.2 Å². The third-order valence-electron chi connectivity index (χ3n) is 5.72. The summed E-state index contributed by atoms with van der Waals surface area (Å²) in [5, 5.41) is 7.25. The molecule has 1 saturated heterocycles. The summed E-state index contributed by atoms with van der Waals surface area (Å²) in [7, 11) is 0. The van der Waals surface area contributed by atoms with Crippen molar-refractivity contribution >= 4 is 5.91 Å². The molecule has 0 spiro atoms. The average Bonchev–Trinajstić information content (AvgIpc) is 2.80. The summed E-state index contributed by atoms with van der Waals surface area (Å²) in [4.78, 5) is 27.8. The van der Waals surface area contributed by atoms with Crippen LogP contribution in [-0.2, 0) is 13.1 Å². The molecule has 0 unspecified atom stereocenters. The predicted molar refractivity (Wildman–Crippen MR) is 121 cm³/mol. The van der Waals surface area contributed by atoms with E-state index < -0.39 is 5.91 Å². The number of aryl methyl sites for hydroxylation is 1. The van der Waals surface area contributed by atoms with Crippen molar-refractivity contribution in [1.29, 1.82) is 0 Å². The number of aromatic nitrogens is 2. The summed E-state index contributed by atoms with van der Waals surface area (Å²) in [6.45, 7) is 5.29. The number of carbonyl (C=O) groups excluding carboxylic acids is 1. The molecule has 1 N–H and O–H groups in total. The topological polar surface area (TPSA) is 67.2 Å². The van der Waals surface area contributed by atoms with Gasteiger partial charge in [0.1, 0.15) is 0 Å². The van der Waals surface area contributed by atoms with Crippen molar-refractivity contribution in [2.45, 2.75) is 39.3 Å². The summed E-state index contributed by atoms with van der Waals surface area (Å²) in [5.74, 6) is -0.456. The summed E-state index contributed by atoms with van der Waals surface area (Å²) in [6, 6.07) is 19.1. The van der Waals surface area contributed by atoms with Crippen LogP contribution in [0.15, 0.2) is 65.5 Å². The third-order valence-corrected chi connectivity index (χ3v) is 5.72. The fraction of sp³-hybridized carbons (Fsp3) is 0.320. The standard InChI is InChI=1S/C25H28N4O2/c1-19-16-23(30)24(27-29(19)22-12-4-2-5-13-22)25(31)26-17-20-10-6-7-11-21(20)18-28-14-8-3-9-15-28/h2,4-7,10-13,16H,3,8-9,14-15,17-18H2,1H3,(H,26,31). The smallest absolute Gasteiger partial charge is 0.276 e. The van der Waals surface area contributed by atoms with E-state index in [-0.39, 0.29) is 11.1 Å². The minimum atomic E-state index is -0.456. The minimum Gasteiger partial charge on any atom is -0.346 e. The van der Waals surface area contributed by atoms with Gasteiger partial charge in [0, 0.05) is 24.8 Å². The van der Waals surface area contributed by atoms with Gasteiger partial charge in [-0.15, -0.1) is 0 Å². The van der Waals surface area contributed by atoms with Crippen molar-refractivity contribution in [3.8, 4) is 5.69 Å². The maximum absolute atomic E-state index is 12.8. The Kier molecular flexibility index (Phi) is 6.57. The lowest BCUT2D eigenvalue weighted by atomic mass is 10.0. The zero-order valence-corrected chi connectivity index (χ0v) is 17.9. The molecule has 2 heterocycles. The molecule has 6 nitrogen and oxygen atoms in total. The van der Waals surface area contributed by atoms with Crippen molar-refractivity contribution < 1.29 is 4.79 Å². The number of amides is 1. The first kappa shape index (κ1) is 21.0. The normalized spacial score (nSPS) is 14.4. The Bertz CT molecular complexity index is 1100. The molecule has 6 heteroatoms. The Morgan fingerprint density at radius 1 is 0.968 bits per heavy atom. The summed E-state index contributed by atoms with van der Waals surface area (Å²) in [6.07, 6.45) is 3.79. The van der Waals surface area contributed by atoms with Crippen molar-refractivity contribution in [2.75, 3.05) is 13.1 Å². The van der Waals surface area contributed by atoms with Gasteiger partial charge in [0.2, 0.25) is 5.43 Å². The third kappa shape index (κ3) is 5.09. The van der Waals surface area contributed by atoms with E-state index in [2.05, 4.69) is 21.4 Å². The molecule has 0 saturated carbocycles. The largest absolute Gasteiger partial charge is 0.346 e. The number of likely N-dealkylation sites (tertiary alicyclic amines) is 1. The molecule has 1 aliphatic rings. The lowest BCUT2D eigenvalue weighted by Gasteiger charge is -2.27. The van der Waals surface area contributed by atoms with Gasteiger partial charge in [-0.2, -0.15) is 5.10 Å². The fourth-order valence-corrected chi connectivity index (χ4v) is 4.04. The SMILES string of the molecule is Cc1cc(=O)c(C(=O)NCc2ccccc2CN2CCCCC2)nn1-c1ccccc1. The number of benzene rings is 2. The van der Waals surface area contributed by atoms with Crippen LogP contribution in [-0.4, -0.2) is 33.7 Å². The van der Waals surface area contributed by atoms with Crippen LogP contribution >= 0.6 is 0 Å². The van der Waals surface area contributed by atoms with E-state index in [1.54, 1.807) is 11.6 Å². The highest BCUT2D eigenvalue weighted by molar-refractivity contribution is 5.92. The number of carbonyl (C=O) groups is 1. The van der Waals surface area contributed by atoms with Crippen LogP contribution in [0.1, 0.15) is 46.6 Å². The molecule has 0 bridgehead atoms. The Labute approximate surface area is 182 Å². The molecule has 2 aromatic carbocycles. The number of piperidine rings is 1. The zero-order chi connectivity index (χ0) is 21.6. The van der Waals surface area contributed by atoms with Crippen LogP contribution in [0.2, 0.25) is 0 Å². The van der Waals surface area contributed by atoms with E-state index in [1.807, 2.05) is 48.5 Å². The average molecular weight is 417 g/mol. The van der Waals surface area contributed by atoms with E-state index in [1.165, 1.54) is 30.9 Å². The van der Waals surface area contributed by atoms with Gasteiger partial charge in [-0.3, -0.25) is 14.5 Å². The molecule has 1 amide bonds. The summed E-state index contributed by atoms with van der Waals surface area (Å²) >= 11 is 0. The quantitative estimate of drug-likeness (QED) is 0.668. The second kappa shape index (κ2) is 9.71. The Balaban J connectivity index is 1.50. The Hall–Kier alpha value is -3.25. The molecule has 0 aliphatic carbocycles. The highest BCUT2D eigenvalue weighted by Crippen LogP contribution is 2.16. The summed E-state index contributed by atoms with van der Waals surface area (Å²) < 4.78 is 1.63. The lowest BCUT2D eigenvalue weighted by Crippen LogP contribution is -2.32. The van der Waals surface area contributed by atoms with E-state index in [9.17, 15) is 9.59 Å². The number of rotatable bonds is 6. The van der Waals surface area contributed by atoms with E-state index in [0.717, 1.165) is 30.9 Å². The maximum atomic E-state index is 12.8. The van der Waals surface area contributed by atoms with Gasteiger partial charge in [0.05, 0.1) is 5.69 Å². The molecule has 0 atom stereocenters. The van der Waals surface area contributed by atoms with Gasteiger partial charge in [0.15, 0.2) is 5.69 Å². The van der Waals surface area contributed by atoms with Crippen LogP contribution in [0.4, 0.5) is 0 Å². The van der Waals surface area contributed by atoms with Gasteiger partial charge in [-0.05, 0) is 56.1 Å².